The van der Waals surface area contributed by atoms with Crippen LogP contribution in [0.25, 0.3) is 11.3 Å². The number of carbonyl (C=O) groups excluding carboxylic acids is 3. The Kier molecular flexibility index (Phi) is 7.98. The Labute approximate surface area is 253 Å². The van der Waals surface area contributed by atoms with E-state index in [0.717, 1.165) is 33.7 Å². The Balaban J connectivity index is 1.49. The van der Waals surface area contributed by atoms with Crippen molar-refractivity contribution in [2.75, 3.05) is 33.0 Å². The van der Waals surface area contributed by atoms with E-state index in [2.05, 4.69) is 20.5 Å². The first-order chi connectivity index (χ1) is 20.4. The molecular formula is C31H33N7O4S. The molecule has 0 saturated heterocycles. The minimum absolute atomic E-state index is 0.0498. The van der Waals surface area contributed by atoms with E-state index in [4.69, 9.17) is 9.72 Å². The topological polar surface area (TPSA) is 131 Å². The summed E-state index contributed by atoms with van der Waals surface area (Å²) < 4.78 is 6.23. The van der Waals surface area contributed by atoms with E-state index in [1.165, 1.54) is 4.90 Å². The first-order valence-corrected chi connectivity index (χ1v) is 14.6. The highest BCUT2D eigenvalue weighted by atomic mass is 32.1. The van der Waals surface area contributed by atoms with Crippen molar-refractivity contribution in [3.63, 3.8) is 0 Å². The molecule has 4 heterocycles. The summed E-state index contributed by atoms with van der Waals surface area (Å²) in [4.78, 5) is 51.1. The molecule has 4 aromatic rings. The number of fused-ring (bicyclic) bond motifs is 2. The summed E-state index contributed by atoms with van der Waals surface area (Å²) in [7, 11) is 5.02. The Morgan fingerprint density at radius 1 is 0.907 bits per heavy atom. The van der Waals surface area contributed by atoms with Crippen LogP contribution in [0.4, 0.5) is 5.13 Å². The Morgan fingerprint density at radius 3 is 2.21 bits per heavy atom. The van der Waals surface area contributed by atoms with Crippen molar-refractivity contribution in [1.82, 2.24) is 30.0 Å². The summed E-state index contributed by atoms with van der Waals surface area (Å²) in [6.07, 6.45) is 0. The first-order valence-electron chi connectivity index (χ1n) is 13.8. The molecule has 1 atom stereocenters. The monoisotopic (exact) mass is 599 g/mol. The molecule has 0 unspecified atom stereocenters. The second kappa shape index (κ2) is 11.5. The van der Waals surface area contributed by atoms with Crippen LogP contribution in [0.1, 0.15) is 63.7 Å². The van der Waals surface area contributed by atoms with Gasteiger partial charge in [0.2, 0.25) is 27.8 Å². The van der Waals surface area contributed by atoms with Crippen LogP contribution in [0, 0.1) is 12.3 Å². The Bertz CT molecular complexity index is 1720. The van der Waals surface area contributed by atoms with Gasteiger partial charge < -0.3 is 19.9 Å². The number of hydrogen-bond donors (Lipinski definition) is 1. The molecule has 43 heavy (non-hydrogen) atoms. The maximum Gasteiger partial charge on any atom is 0.284 e. The van der Waals surface area contributed by atoms with Gasteiger partial charge in [0, 0.05) is 61.6 Å². The van der Waals surface area contributed by atoms with Crippen LogP contribution in [0.3, 0.4) is 0 Å². The number of aromatic nitrogens is 4. The molecular weight excluding hydrogens is 566 g/mol. The number of amides is 3. The zero-order chi connectivity index (χ0) is 31.1. The molecule has 0 saturated carbocycles. The second-order valence-corrected chi connectivity index (χ2v) is 12.1. The maximum atomic E-state index is 13.8. The number of aryl methyl sites for hydroxylation is 1. The first kappa shape index (κ1) is 29.8. The van der Waals surface area contributed by atoms with Crippen molar-refractivity contribution >= 4 is 34.2 Å². The lowest BCUT2D eigenvalue weighted by Crippen LogP contribution is -2.38. The number of ether oxygens (including phenoxy) is 1. The molecule has 3 amide bonds. The van der Waals surface area contributed by atoms with E-state index in [1.54, 1.807) is 38.2 Å². The van der Waals surface area contributed by atoms with Crippen molar-refractivity contribution in [2.45, 2.75) is 33.6 Å². The second-order valence-electron chi connectivity index (χ2n) is 11.2. The third-order valence-corrected chi connectivity index (χ3v) is 8.35. The predicted octanol–water partition coefficient (Wildman–Crippen LogP) is 5.00. The van der Waals surface area contributed by atoms with Crippen LogP contribution in [0.5, 0.6) is 11.8 Å². The number of pyridine rings is 2. The number of anilines is 1. The molecule has 1 aliphatic heterocycles. The fraction of sp³-hybridized carbons (Fsp3) is 0.323. The Hall–Kier alpha value is -4.71. The van der Waals surface area contributed by atoms with Crippen molar-refractivity contribution in [1.29, 1.82) is 0 Å². The quantitative estimate of drug-likeness (QED) is 0.314. The average Bonchev–Trinajstić information content (AvgIpc) is 3.46. The molecule has 1 aromatic carbocycles. The van der Waals surface area contributed by atoms with Crippen molar-refractivity contribution in [3.8, 4) is 23.0 Å². The van der Waals surface area contributed by atoms with Gasteiger partial charge in [-0.05, 0) is 38.1 Å². The third-order valence-electron chi connectivity index (χ3n) is 7.52. The van der Waals surface area contributed by atoms with E-state index in [-0.39, 0.29) is 27.9 Å². The summed E-state index contributed by atoms with van der Waals surface area (Å²) in [5.74, 6) is -0.357. The summed E-state index contributed by atoms with van der Waals surface area (Å²) in [5, 5.41) is 11.2. The van der Waals surface area contributed by atoms with Crippen LogP contribution in [0.15, 0.2) is 48.5 Å². The molecule has 0 bridgehead atoms. The van der Waals surface area contributed by atoms with E-state index in [0.29, 0.717) is 29.6 Å². The minimum Gasteiger partial charge on any atom is -0.420 e. The Morgan fingerprint density at radius 2 is 1.56 bits per heavy atom. The van der Waals surface area contributed by atoms with Crippen LogP contribution in [-0.4, -0.2) is 75.4 Å². The smallest absolute Gasteiger partial charge is 0.284 e. The summed E-state index contributed by atoms with van der Waals surface area (Å²) in [6.45, 7) is 8.10. The predicted molar refractivity (Wildman–Crippen MR) is 164 cm³/mol. The van der Waals surface area contributed by atoms with Crippen LogP contribution < -0.4 is 10.1 Å². The SMILES string of the molecule is CCN(C)C(=O)c1ccc(-c2ccc3c(n2)Oc2nc(C)ccc2[C@@H]3C(C)(C)C(=O)Nc2nnc(C(=O)N(C)C)s2)cc1. The number of carbonyl (C=O) groups is 3. The minimum atomic E-state index is -1.02. The fourth-order valence-corrected chi connectivity index (χ4v) is 5.64. The number of rotatable bonds is 7. The summed E-state index contributed by atoms with van der Waals surface area (Å²) in [5.41, 5.74) is 3.32. The highest BCUT2D eigenvalue weighted by Gasteiger charge is 2.45. The van der Waals surface area contributed by atoms with Crippen molar-refractivity contribution in [3.05, 3.63) is 75.9 Å². The fourth-order valence-electron chi connectivity index (χ4n) is 4.88. The van der Waals surface area contributed by atoms with Gasteiger partial charge in [-0.15, -0.1) is 10.2 Å². The number of nitrogens with one attached hydrogen (secondary N) is 1. The largest absolute Gasteiger partial charge is 0.420 e. The van der Waals surface area contributed by atoms with E-state index < -0.39 is 11.3 Å². The molecule has 11 nitrogen and oxygen atoms in total. The molecule has 12 heteroatoms. The zero-order valence-corrected chi connectivity index (χ0v) is 25.9. The van der Waals surface area contributed by atoms with Crippen molar-refractivity contribution in [2.24, 2.45) is 5.41 Å². The van der Waals surface area contributed by atoms with Gasteiger partial charge in [-0.25, -0.2) is 9.97 Å². The van der Waals surface area contributed by atoms with Gasteiger partial charge in [0.1, 0.15) is 0 Å². The van der Waals surface area contributed by atoms with Gasteiger partial charge in [-0.3, -0.25) is 14.4 Å². The lowest BCUT2D eigenvalue weighted by atomic mass is 9.70. The summed E-state index contributed by atoms with van der Waals surface area (Å²) in [6, 6.07) is 14.9. The van der Waals surface area contributed by atoms with Gasteiger partial charge in [0.05, 0.1) is 11.1 Å². The van der Waals surface area contributed by atoms with Crippen LogP contribution in [0.2, 0.25) is 0 Å². The van der Waals surface area contributed by atoms with Gasteiger partial charge in [-0.2, -0.15) is 0 Å². The molecule has 3 aromatic heterocycles. The highest BCUT2D eigenvalue weighted by Crippen LogP contribution is 2.51. The number of nitrogens with zero attached hydrogens (tertiary/aromatic N) is 6. The summed E-state index contributed by atoms with van der Waals surface area (Å²) >= 11 is 1.02. The van der Waals surface area contributed by atoms with Gasteiger partial charge >= 0.3 is 0 Å². The van der Waals surface area contributed by atoms with E-state index in [9.17, 15) is 14.4 Å². The molecule has 0 aliphatic carbocycles. The zero-order valence-electron chi connectivity index (χ0n) is 25.1. The van der Waals surface area contributed by atoms with Gasteiger partial charge in [0.25, 0.3) is 11.8 Å². The van der Waals surface area contributed by atoms with E-state index in [1.807, 2.05) is 64.1 Å². The molecule has 0 spiro atoms. The molecule has 0 fully saturated rings. The van der Waals surface area contributed by atoms with Gasteiger partial charge in [0.15, 0.2) is 0 Å². The van der Waals surface area contributed by atoms with Gasteiger partial charge in [-0.1, -0.05) is 49.4 Å². The number of hydrogen-bond acceptors (Lipinski definition) is 9. The molecule has 5 rings (SSSR count). The van der Waals surface area contributed by atoms with E-state index >= 15 is 0 Å². The lowest BCUT2D eigenvalue weighted by Gasteiger charge is -2.37. The molecule has 0 radical (unpaired) electrons. The standard InChI is InChI=1S/C31H33N7O4S/c1-8-38(7)27(39)19-12-10-18(11-13-19)22-16-15-21-23(20-14-9-17(2)32-24(20)42-25(21)33-22)31(3,4)29(41)34-30-36-35-26(43-30)28(40)37(5)6/h9-16,23H,8H2,1-7H3,(H,34,36,41)/t23-/m0/s1. The molecule has 222 valence electrons. The third kappa shape index (κ3) is 5.70. The van der Waals surface area contributed by atoms with Crippen molar-refractivity contribution < 1.29 is 19.1 Å². The molecule has 1 N–H and O–H groups in total. The normalized spacial score (nSPS) is 13.8. The van der Waals surface area contributed by atoms with Crippen LogP contribution in [-0.2, 0) is 4.79 Å². The maximum absolute atomic E-state index is 13.8. The number of benzene rings is 1. The average molecular weight is 600 g/mol. The lowest BCUT2D eigenvalue weighted by molar-refractivity contribution is -0.124. The van der Waals surface area contributed by atoms with Crippen LogP contribution >= 0.6 is 11.3 Å². The highest BCUT2D eigenvalue weighted by molar-refractivity contribution is 7.17. The molecule has 1 aliphatic rings.